The number of non-ortho nitro benzene ring substituents is 1. The molecular formula is C17H19N4O6S+. The van der Waals surface area contributed by atoms with Gasteiger partial charge < -0.3 is 0 Å². The number of rotatable bonds is 7. The first-order chi connectivity index (χ1) is 13.1. The van der Waals surface area contributed by atoms with Crippen molar-refractivity contribution < 1.29 is 28.1 Å². The van der Waals surface area contributed by atoms with E-state index in [1.165, 1.54) is 43.4 Å². The van der Waals surface area contributed by atoms with Gasteiger partial charge in [0.15, 0.2) is 0 Å². The fourth-order valence-corrected chi connectivity index (χ4v) is 3.26. The maximum atomic E-state index is 12.4. The highest BCUT2D eigenvalue weighted by molar-refractivity contribution is 7.89. The fraction of sp³-hybridized carbons (Fsp3) is 0.176. The third kappa shape index (κ3) is 5.11. The first-order valence-corrected chi connectivity index (χ1v) is 9.41. The molecule has 0 fully saturated rings. The number of nitrogens with one attached hydrogen (secondary N) is 1. The molecule has 0 saturated carbocycles. The molecule has 0 aliphatic rings. The van der Waals surface area contributed by atoms with Crippen LogP contribution in [0.3, 0.4) is 0 Å². The van der Waals surface area contributed by atoms with Crippen molar-refractivity contribution in [3.8, 4) is 0 Å². The van der Waals surface area contributed by atoms with Crippen molar-refractivity contribution in [3.05, 3.63) is 69.8 Å². The molecule has 3 N–H and O–H groups in total. The van der Waals surface area contributed by atoms with Gasteiger partial charge in [0.1, 0.15) is 6.54 Å². The number of benzene rings is 2. The van der Waals surface area contributed by atoms with Crippen molar-refractivity contribution in [1.82, 2.24) is 4.31 Å². The lowest BCUT2D eigenvalue weighted by Crippen LogP contribution is -2.76. The lowest BCUT2D eigenvalue weighted by atomic mass is 10.2. The number of nitrogens with two attached hydrogens (primary N) is 1. The molecule has 10 nitrogen and oxygen atoms in total. The number of aryl methyl sites for hydroxylation is 1. The van der Waals surface area contributed by atoms with Crippen LogP contribution < -0.4 is 10.9 Å². The van der Waals surface area contributed by atoms with Crippen LogP contribution in [0.5, 0.6) is 0 Å². The maximum absolute atomic E-state index is 12.4. The highest BCUT2D eigenvalue weighted by atomic mass is 32.2. The van der Waals surface area contributed by atoms with Gasteiger partial charge in [0.25, 0.3) is 5.69 Å². The number of nitro groups is 1. The lowest BCUT2D eigenvalue weighted by Gasteiger charge is -2.15. The normalized spacial score (nSPS) is 12.0. The van der Waals surface area contributed by atoms with Gasteiger partial charge in [-0.3, -0.25) is 20.7 Å². The quantitative estimate of drug-likeness (QED) is 0.206. The molecule has 148 valence electrons. The molecule has 2 aromatic carbocycles. The summed E-state index contributed by atoms with van der Waals surface area (Å²) in [5.41, 5.74) is 6.66. The molecule has 28 heavy (non-hydrogen) atoms. The summed E-state index contributed by atoms with van der Waals surface area (Å²) in [5, 5.41) is 12.9. The zero-order valence-electron chi connectivity index (χ0n) is 15.2. The molecule has 0 bridgehead atoms. The van der Waals surface area contributed by atoms with E-state index < -0.39 is 27.5 Å². The molecule has 0 atom stereocenters. The van der Waals surface area contributed by atoms with E-state index in [9.17, 15) is 23.3 Å². The Bertz CT molecular complexity index is 1020. The Morgan fingerprint density at radius 3 is 2.50 bits per heavy atom. The number of nitrogens with zero attached hydrogens (tertiary/aromatic N) is 2. The topological polar surface area (TPSA) is 147 Å². The van der Waals surface area contributed by atoms with E-state index >= 15 is 0 Å². The molecule has 0 aromatic heterocycles. The minimum atomic E-state index is -3.86. The summed E-state index contributed by atoms with van der Waals surface area (Å²) in [5.74, 6) is -1.05. The Kier molecular flexibility index (Phi) is 6.44. The van der Waals surface area contributed by atoms with Crippen LogP contribution in [-0.2, 0) is 19.7 Å². The molecule has 0 saturated heterocycles. The SMILES string of the molecule is Cc1ccc(S(=O)(=O)N(C)CC(=O)O[NH+]=C(N)c2cccc([N+](=O)[O-])c2)cc1. The lowest BCUT2D eigenvalue weighted by molar-refractivity contribution is -0.723. The molecule has 0 radical (unpaired) electrons. The average Bonchev–Trinajstić information content (AvgIpc) is 2.66. The van der Waals surface area contributed by atoms with Crippen molar-refractivity contribution in [2.45, 2.75) is 11.8 Å². The molecule has 2 aromatic rings. The highest BCUT2D eigenvalue weighted by Gasteiger charge is 2.24. The van der Waals surface area contributed by atoms with Crippen LogP contribution in [0.1, 0.15) is 11.1 Å². The smallest absolute Gasteiger partial charge is 0.284 e. The van der Waals surface area contributed by atoms with Crippen LogP contribution in [0.25, 0.3) is 0 Å². The Morgan fingerprint density at radius 2 is 1.89 bits per heavy atom. The largest absolute Gasteiger partial charge is 0.372 e. The molecule has 0 spiro atoms. The zero-order chi connectivity index (χ0) is 20.9. The third-order valence-electron chi connectivity index (χ3n) is 3.72. The summed E-state index contributed by atoms with van der Waals surface area (Å²) in [6, 6.07) is 11.6. The van der Waals surface area contributed by atoms with Gasteiger partial charge in [0.2, 0.25) is 10.0 Å². The summed E-state index contributed by atoms with van der Waals surface area (Å²) in [6.07, 6.45) is 0. The molecule has 0 amide bonds. The van der Waals surface area contributed by atoms with E-state index in [4.69, 9.17) is 10.6 Å². The van der Waals surface area contributed by atoms with Gasteiger partial charge in [-0.25, -0.2) is 13.2 Å². The van der Waals surface area contributed by atoms with Gasteiger partial charge >= 0.3 is 11.8 Å². The van der Waals surface area contributed by atoms with Crippen LogP contribution in [0, 0.1) is 17.0 Å². The van der Waals surface area contributed by atoms with Gasteiger partial charge in [-0.15, -0.1) is 0 Å². The van der Waals surface area contributed by atoms with Crippen LogP contribution in [0.2, 0.25) is 0 Å². The standard InChI is InChI=1S/C17H18N4O6S/c1-12-6-8-15(9-7-12)28(25,26)20(2)11-16(22)27-19-17(18)13-4-3-5-14(10-13)21(23)24/h3-10H,11H2,1-2H3,(H2,18,19)/p+1. The van der Waals surface area contributed by atoms with Crippen molar-refractivity contribution in [1.29, 1.82) is 0 Å². The Balaban J connectivity index is 2.04. The Hall–Kier alpha value is -3.31. The van der Waals surface area contributed by atoms with Crippen LogP contribution in [0.4, 0.5) is 5.69 Å². The summed E-state index contributed by atoms with van der Waals surface area (Å²) < 4.78 is 25.7. The molecular weight excluding hydrogens is 388 g/mol. The predicted octanol–water partition coefficient (Wildman–Crippen LogP) is -0.532. The number of carbonyl (C=O) groups is 1. The number of nitrogen functional groups attached to an aromatic ring is 1. The number of hydrogen-bond donors (Lipinski definition) is 2. The minimum absolute atomic E-state index is 0.0454. The number of sulfonamides is 1. The number of nitro benzene ring substituents is 1. The summed E-state index contributed by atoms with van der Waals surface area (Å²) >= 11 is 0. The number of likely N-dealkylation sites (N-methyl/N-ethyl adjacent to an activating group) is 1. The highest BCUT2D eigenvalue weighted by Crippen LogP contribution is 2.15. The average molecular weight is 407 g/mol. The molecule has 0 unspecified atom stereocenters. The summed E-state index contributed by atoms with van der Waals surface area (Å²) in [7, 11) is -2.62. The van der Waals surface area contributed by atoms with E-state index in [-0.39, 0.29) is 22.0 Å². The third-order valence-corrected chi connectivity index (χ3v) is 5.54. The number of carbonyl (C=O) groups excluding carboxylic acids is 1. The second-order valence-corrected chi connectivity index (χ2v) is 7.92. The fourth-order valence-electron chi connectivity index (χ4n) is 2.15. The number of amidine groups is 1. The summed E-state index contributed by atoms with van der Waals surface area (Å²) in [6.45, 7) is 1.26. The first-order valence-electron chi connectivity index (χ1n) is 7.97. The molecule has 0 aliphatic heterocycles. The second-order valence-electron chi connectivity index (χ2n) is 5.87. The van der Waals surface area contributed by atoms with Crippen molar-refractivity contribution >= 4 is 27.5 Å². The Labute approximate surface area is 161 Å². The van der Waals surface area contributed by atoms with Crippen LogP contribution in [0.15, 0.2) is 53.4 Å². The number of hydrogen-bond acceptors (Lipinski definition) is 6. The van der Waals surface area contributed by atoms with Gasteiger partial charge in [0.05, 0.1) is 15.4 Å². The van der Waals surface area contributed by atoms with E-state index in [1.54, 1.807) is 12.1 Å². The zero-order valence-corrected chi connectivity index (χ0v) is 16.0. The van der Waals surface area contributed by atoms with Gasteiger partial charge in [-0.05, 0) is 25.1 Å². The van der Waals surface area contributed by atoms with Crippen molar-refractivity contribution in [2.75, 3.05) is 13.6 Å². The van der Waals surface area contributed by atoms with E-state index in [2.05, 4.69) is 5.16 Å². The molecule has 2 rings (SSSR count). The Morgan fingerprint density at radius 1 is 1.25 bits per heavy atom. The van der Waals surface area contributed by atoms with Crippen molar-refractivity contribution in [2.24, 2.45) is 5.73 Å². The van der Waals surface area contributed by atoms with Crippen LogP contribution >= 0.6 is 0 Å². The first kappa shape index (κ1) is 21.0. The van der Waals surface area contributed by atoms with Gasteiger partial charge in [0, 0.05) is 19.2 Å². The van der Waals surface area contributed by atoms with Gasteiger partial charge in [-0.2, -0.15) is 4.31 Å². The summed E-state index contributed by atoms with van der Waals surface area (Å²) in [4.78, 5) is 26.9. The minimum Gasteiger partial charge on any atom is -0.284 e. The molecule has 0 aliphatic carbocycles. The van der Waals surface area contributed by atoms with Crippen molar-refractivity contribution in [3.63, 3.8) is 0 Å². The van der Waals surface area contributed by atoms with E-state index in [0.717, 1.165) is 9.87 Å². The molecule has 11 heteroatoms. The monoisotopic (exact) mass is 407 g/mol. The second kappa shape index (κ2) is 8.59. The van der Waals surface area contributed by atoms with E-state index in [1.807, 2.05) is 6.92 Å². The van der Waals surface area contributed by atoms with Gasteiger partial charge in [-0.1, -0.05) is 28.9 Å². The molecule has 0 heterocycles. The van der Waals surface area contributed by atoms with Crippen LogP contribution in [-0.4, -0.2) is 43.0 Å². The maximum Gasteiger partial charge on any atom is 0.372 e. The predicted molar refractivity (Wildman–Crippen MR) is 99.4 cm³/mol. The van der Waals surface area contributed by atoms with E-state index in [0.29, 0.717) is 0 Å².